The minimum atomic E-state index is 0.794. The van der Waals surface area contributed by atoms with Gasteiger partial charge in [-0.15, -0.1) is 0 Å². The normalized spacial score (nSPS) is 17.2. The second kappa shape index (κ2) is 7.41. The highest BCUT2D eigenvalue weighted by Gasteiger charge is 2.12. The SMILES string of the molecule is c1ccc(CCOCCC2CCNCC2)nc1. The molecular formula is C14H22N2O. The lowest BCUT2D eigenvalue weighted by Crippen LogP contribution is -2.28. The van der Waals surface area contributed by atoms with E-state index in [1.807, 2.05) is 18.3 Å². The van der Waals surface area contributed by atoms with E-state index in [0.29, 0.717) is 0 Å². The van der Waals surface area contributed by atoms with Gasteiger partial charge in [0.1, 0.15) is 0 Å². The Morgan fingerprint density at radius 1 is 1.24 bits per heavy atom. The molecule has 1 aliphatic heterocycles. The lowest BCUT2D eigenvalue weighted by Gasteiger charge is -2.22. The third-order valence-corrected chi connectivity index (χ3v) is 3.36. The molecule has 0 atom stereocenters. The van der Waals surface area contributed by atoms with Crippen molar-refractivity contribution in [1.82, 2.24) is 10.3 Å². The van der Waals surface area contributed by atoms with Gasteiger partial charge in [-0.25, -0.2) is 0 Å². The molecule has 0 unspecified atom stereocenters. The molecule has 1 aromatic heterocycles. The van der Waals surface area contributed by atoms with Crippen LogP contribution in [0.15, 0.2) is 24.4 Å². The number of pyridine rings is 1. The molecule has 1 N–H and O–H groups in total. The Morgan fingerprint density at radius 3 is 2.88 bits per heavy atom. The average Bonchev–Trinajstić information content (AvgIpc) is 2.41. The molecule has 2 rings (SSSR count). The molecule has 1 fully saturated rings. The van der Waals surface area contributed by atoms with Crippen LogP contribution in [0.1, 0.15) is 25.0 Å². The van der Waals surface area contributed by atoms with Gasteiger partial charge in [-0.05, 0) is 50.4 Å². The maximum Gasteiger partial charge on any atom is 0.0521 e. The van der Waals surface area contributed by atoms with Gasteiger partial charge in [0.2, 0.25) is 0 Å². The van der Waals surface area contributed by atoms with Crippen molar-refractivity contribution >= 4 is 0 Å². The summed E-state index contributed by atoms with van der Waals surface area (Å²) in [4.78, 5) is 4.28. The highest BCUT2D eigenvalue weighted by molar-refractivity contribution is 5.03. The summed E-state index contributed by atoms with van der Waals surface area (Å²) < 4.78 is 5.68. The number of aromatic nitrogens is 1. The summed E-state index contributed by atoms with van der Waals surface area (Å²) >= 11 is 0. The zero-order valence-electron chi connectivity index (χ0n) is 10.4. The quantitative estimate of drug-likeness (QED) is 0.765. The highest BCUT2D eigenvalue weighted by Crippen LogP contribution is 2.15. The van der Waals surface area contributed by atoms with E-state index in [2.05, 4.69) is 16.4 Å². The molecule has 0 aliphatic carbocycles. The highest BCUT2D eigenvalue weighted by atomic mass is 16.5. The van der Waals surface area contributed by atoms with Crippen molar-refractivity contribution < 1.29 is 4.74 Å². The Labute approximate surface area is 104 Å². The van der Waals surface area contributed by atoms with Crippen LogP contribution in [0.2, 0.25) is 0 Å². The van der Waals surface area contributed by atoms with Crippen LogP contribution in [-0.4, -0.2) is 31.3 Å². The first-order valence-corrected chi connectivity index (χ1v) is 6.63. The lowest BCUT2D eigenvalue weighted by atomic mass is 9.95. The summed E-state index contributed by atoms with van der Waals surface area (Å²) in [6.07, 6.45) is 6.59. The average molecular weight is 234 g/mol. The summed E-state index contributed by atoms with van der Waals surface area (Å²) in [5, 5.41) is 3.39. The summed E-state index contributed by atoms with van der Waals surface area (Å²) in [6, 6.07) is 6.02. The van der Waals surface area contributed by atoms with Crippen LogP contribution in [0.4, 0.5) is 0 Å². The largest absolute Gasteiger partial charge is 0.381 e. The third kappa shape index (κ3) is 4.84. The van der Waals surface area contributed by atoms with Crippen LogP contribution < -0.4 is 5.32 Å². The standard InChI is InChI=1S/C14H22N2O/c1-2-8-16-14(3-1)7-12-17-11-6-13-4-9-15-10-5-13/h1-3,8,13,15H,4-7,9-12H2. The van der Waals surface area contributed by atoms with E-state index >= 15 is 0 Å². The van der Waals surface area contributed by atoms with E-state index < -0.39 is 0 Å². The summed E-state index contributed by atoms with van der Waals surface area (Å²) in [5.41, 5.74) is 1.12. The van der Waals surface area contributed by atoms with Crippen molar-refractivity contribution in [2.24, 2.45) is 5.92 Å². The smallest absolute Gasteiger partial charge is 0.0521 e. The molecular weight excluding hydrogens is 212 g/mol. The first-order valence-electron chi connectivity index (χ1n) is 6.63. The molecule has 1 aliphatic rings. The summed E-state index contributed by atoms with van der Waals surface area (Å²) in [5.74, 6) is 0.867. The molecule has 0 bridgehead atoms. The van der Waals surface area contributed by atoms with Crippen LogP contribution >= 0.6 is 0 Å². The van der Waals surface area contributed by atoms with Gasteiger partial charge in [-0.3, -0.25) is 4.98 Å². The van der Waals surface area contributed by atoms with E-state index in [4.69, 9.17) is 4.74 Å². The Hall–Kier alpha value is -0.930. The van der Waals surface area contributed by atoms with Crippen molar-refractivity contribution in [3.63, 3.8) is 0 Å². The van der Waals surface area contributed by atoms with Gasteiger partial charge in [0, 0.05) is 24.9 Å². The molecule has 3 heteroatoms. The van der Waals surface area contributed by atoms with Gasteiger partial charge in [0.15, 0.2) is 0 Å². The van der Waals surface area contributed by atoms with Gasteiger partial charge < -0.3 is 10.1 Å². The molecule has 0 radical (unpaired) electrons. The van der Waals surface area contributed by atoms with Crippen molar-refractivity contribution in [1.29, 1.82) is 0 Å². The van der Waals surface area contributed by atoms with Gasteiger partial charge in [-0.2, -0.15) is 0 Å². The molecule has 94 valence electrons. The molecule has 1 saturated heterocycles. The monoisotopic (exact) mass is 234 g/mol. The number of hydrogen-bond donors (Lipinski definition) is 1. The summed E-state index contributed by atoms with van der Waals surface area (Å²) in [6.45, 7) is 4.05. The number of hydrogen-bond acceptors (Lipinski definition) is 3. The minimum absolute atomic E-state index is 0.794. The molecule has 2 heterocycles. The third-order valence-electron chi connectivity index (χ3n) is 3.36. The van der Waals surface area contributed by atoms with Gasteiger partial charge >= 0.3 is 0 Å². The van der Waals surface area contributed by atoms with Crippen LogP contribution in [0.25, 0.3) is 0 Å². The fourth-order valence-electron chi connectivity index (χ4n) is 2.25. The van der Waals surface area contributed by atoms with Crippen molar-refractivity contribution in [2.75, 3.05) is 26.3 Å². The molecule has 0 amide bonds. The van der Waals surface area contributed by atoms with Crippen molar-refractivity contribution in [3.05, 3.63) is 30.1 Å². The van der Waals surface area contributed by atoms with Crippen molar-refractivity contribution in [3.8, 4) is 0 Å². The first-order chi connectivity index (χ1) is 8.45. The minimum Gasteiger partial charge on any atom is -0.381 e. The second-order valence-electron chi connectivity index (χ2n) is 4.67. The zero-order chi connectivity index (χ0) is 11.8. The Morgan fingerprint density at radius 2 is 2.12 bits per heavy atom. The maximum atomic E-state index is 5.68. The molecule has 0 spiro atoms. The molecule has 17 heavy (non-hydrogen) atoms. The van der Waals surface area contributed by atoms with E-state index in [0.717, 1.165) is 31.2 Å². The fourth-order valence-corrected chi connectivity index (χ4v) is 2.25. The Bertz CT molecular complexity index is 296. The van der Waals surface area contributed by atoms with Gasteiger partial charge in [0.05, 0.1) is 6.61 Å². The first kappa shape index (κ1) is 12.5. The van der Waals surface area contributed by atoms with Crippen LogP contribution in [-0.2, 0) is 11.2 Å². The fraction of sp³-hybridized carbons (Fsp3) is 0.643. The van der Waals surface area contributed by atoms with E-state index in [-0.39, 0.29) is 0 Å². The molecule has 0 saturated carbocycles. The van der Waals surface area contributed by atoms with Crippen LogP contribution in [0, 0.1) is 5.92 Å². The van der Waals surface area contributed by atoms with Crippen molar-refractivity contribution in [2.45, 2.75) is 25.7 Å². The van der Waals surface area contributed by atoms with E-state index in [9.17, 15) is 0 Å². The second-order valence-corrected chi connectivity index (χ2v) is 4.67. The maximum absolute atomic E-state index is 5.68. The predicted molar refractivity (Wildman–Crippen MR) is 69.0 cm³/mol. The van der Waals surface area contributed by atoms with E-state index in [1.54, 1.807) is 0 Å². The van der Waals surface area contributed by atoms with Gasteiger partial charge in [0.25, 0.3) is 0 Å². The predicted octanol–water partition coefficient (Wildman–Crippen LogP) is 2.03. The number of ether oxygens (including phenoxy) is 1. The lowest BCUT2D eigenvalue weighted by molar-refractivity contribution is 0.117. The van der Waals surface area contributed by atoms with Crippen LogP contribution in [0.3, 0.4) is 0 Å². The Kier molecular flexibility index (Phi) is 5.46. The van der Waals surface area contributed by atoms with Crippen LogP contribution in [0.5, 0.6) is 0 Å². The number of piperidine rings is 1. The molecule has 3 nitrogen and oxygen atoms in total. The molecule has 0 aromatic carbocycles. The van der Waals surface area contributed by atoms with Gasteiger partial charge in [-0.1, -0.05) is 6.07 Å². The Balaban J connectivity index is 1.51. The zero-order valence-corrected chi connectivity index (χ0v) is 10.4. The number of rotatable bonds is 6. The number of nitrogens with one attached hydrogen (secondary N) is 1. The van der Waals surface area contributed by atoms with E-state index in [1.165, 1.54) is 32.4 Å². The molecule has 1 aromatic rings. The topological polar surface area (TPSA) is 34.1 Å². The number of nitrogens with zero attached hydrogens (tertiary/aromatic N) is 1. The summed E-state index contributed by atoms with van der Waals surface area (Å²) in [7, 11) is 0.